The van der Waals surface area contributed by atoms with Gasteiger partial charge in [-0.15, -0.1) is 0 Å². The Kier molecular flexibility index (Phi) is 5.89. The lowest BCUT2D eigenvalue weighted by Crippen LogP contribution is -2.33. The van der Waals surface area contributed by atoms with Gasteiger partial charge in [-0.25, -0.2) is 14.5 Å². The van der Waals surface area contributed by atoms with Crippen LogP contribution in [-0.2, 0) is 7.05 Å². The number of anilines is 1. The topological polar surface area (TPSA) is 117 Å². The van der Waals surface area contributed by atoms with Crippen LogP contribution in [0.25, 0.3) is 27.8 Å². The molecule has 11 nitrogen and oxygen atoms in total. The van der Waals surface area contributed by atoms with Crippen LogP contribution in [0.2, 0.25) is 0 Å². The van der Waals surface area contributed by atoms with Crippen LogP contribution in [0.1, 0.15) is 15.9 Å². The van der Waals surface area contributed by atoms with E-state index in [-0.39, 0.29) is 5.91 Å². The molecule has 41 heavy (non-hydrogen) atoms. The van der Waals surface area contributed by atoms with Gasteiger partial charge in [-0.1, -0.05) is 0 Å². The number of hydrogen-bond acceptors (Lipinski definition) is 8. The predicted molar refractivity (Wildman–Crippen MR) is 151 cm³/mol. The summed E-state index contributed by atoms with van der Waals surface area (Å²) in [5.74, 6) is 2.21. The number of ether oxygens (including phenoxy) is 1. The lowest BCUT2D eigenvalue weighted by Gasteiger charge is -2.22. The molecule has 11 heteroatoms. The Morgan fingerprint density at radius 1 is 0.927 bits per heavy atom. The first-order chi connectivity index (χ1) is 20.0. The molecule has 2 atom stereocenters. The number of pyridine rings is 3. The van der Waals surface area contributed by atoms with Gasteiger partial charge in [0.15, 0.2) is 0 Å². The molecular weight excluding hydrogens is 518 g/mol. The number of amides is 1. The predicted octanol–water partition coefficient (Wildman–Crippen LogP) is 3.28. The minimum Gasteiger partial charge on any atom is -0.481 e. The van der Waals surface area contributed by atoms with Crippen LogP contribution >= 0.6 is 0 Å². The average Bonchev–Trinajstić information content (AvgIpc) is 3.79. The maximum Gasteiger partial charge on any atom is 0.255 e. The van der Waals surface area contributed by atoms with Crippen molar-refractivity contribution in [3.63, 3.8) is 0 Å². The van der Waals surface area contributed by atoms with E-state index in [1.807, 2.05) is 42.8 Å². The van der Waals surface area contributed by atoms with Gasteiger partial charge in [0, 0.05) is 98.2 Å². The fraction of sp³-hybridized carbons (Fsp3) is 0.267. The molecule has 0 aromatic carbocycles. The molecule has 5 aromatic heterocycles. The molecule has 5 aromatic rings. The molecule has 0 radical (unpaired) electrons. The molecule has 204 valence electrons. The van der Waals surface area contributed by atoms with E-state index in [0.717, 1.165) is 59.8 Å². The number of carbonyl (C=O) groups is 1. The van der Waals surface area contributed by atoms with Crippen molar-refractivity contribution in [2.24, 2.45) is 18.9 Å². The van der Waals surface area contributed by atoms with E-state index in [0.29, 0.717) is 28.8 Å². The molecule has 7 heterocycles. The number of methoxy groups -OCH3 is 1. The fourth-order valence-corrected chi connectivity index (χ4v) is 6.04. The van der Waals surface area contributed by atoms with Gasteiger partial charge < -0.3 is 14.5 Å². The summed E-state index contributed by atoms with van der Waals surface area (Å²) in [4.78, 5) is 26.3. The van der Waals surface area contributed by atoms with Gasteiger partial charge in [-0.3, -0.25) is 9.48 Å². The van der Waals surface area contributed by atoms with E-state index in [1.54, 1.807) is 40.8 Å². The summed E-state index contributed by atoms with van der Waals surface area (Å²) < 4.78 is 8.61. The number of nitrogens with zero attached hydrogens (tertiary/aromatic N) is 9. The molecular formula is C30H27N9O2. The first-order valence-corrected chi connectivity index (χ1v) is 13.4. The monoisotopic (exact) mass is 545 g/mol. The van der Waals surface area contributed by atoms with E-state index in [2.05, 4.69) is 38.3 Å². The highest BCUT2D eigenvalue weighted by Gasteiger charge is 2.42. The summed E-state index contributed by atoms with van der Waals surface area (Å²) in [5, 5.41) is 18.4. The summed E-state index contributed by atoms with van der Waals surface area (Å²) in [6, 6.07) is 11.9. The van der Waals surface area contributed by atoms with Crippen LogP contribution in [0.3, 0.4) is 0 Å². The maximum atomic E-state index is 13.0. The molecule has 0 spiro atoms. The highest BCUT2D eigenvalue weighted by Crippen LogP contribution is 2.36. The van der Waals surface area contributed by atoms with Crippen LogP contribution in [0.5, 0.6) is 5.88 Å². The number of nitriles is 1. The molecule has 2 aliphatic heterocycles. The number of hydrogen-bond donors (Lipinski definition) is 0. The molecule has 0 saturated carbocycles. The van der Waals surface area contributed by atoms with Gasteiger partial charge in [-0.05, 0) is 24.3 Å². The Bertz CT molecular complexity index is 1790. The van der Waals surface area contributed by atoms with Crippen molar-refractivity contribution in [1.29, 1.82) is 5.26 Å². The van der Waals surface area contributed by atoms with Crippen molar-refractivity contribution in [2.75, 3.05) is 38.2 Å². The quantitative estimate of drug-likeness (QED) is 0.330. The number of likely N-dealkylation sites (tertiary alicyclic amines) is 1. The summed E-state index contributed by atoms with van der Waals surface area (Å²) in [6.45, 7) is 3.15. The highest BCUT2D eigenvalue weighted by molar-refractivity contribution is 5.94. The van der Waals surface area contributed by atoms with Crippen LogP contribution in [0.15, 0.2) is 67.5 Å². The Morgan fingerprint density at radius 2 is 1.76 bits per heavy atom. The normalized spacial score (nSPS) is 18.1. The largest absolute Gasteiger partial charge is 0.481 e. The Hall–Kier alpha value is -5.24. The number of rotatable bonds is 5. The molecule has 0 bridgehead atoms. The Morgan fingerprint density at radius 3 is 2.39 bits per heavy atom. The van der Waals surface area contributed by atoms with Crippen molar-refractivity contribution >= 4 is 17.2 Å². The third-order valence-electron chi connectivity index (χ3n) is 8.12. The molecule has 2 aliphatic rings. The highest BCUT2D eigenvalue weighted by atomic mass is 16.5. The summed E-state index contributed by atoms with van der Waals surface area (Å²) >= 11 is 0. The molecule has 0 N–H and O–H groups in total. The van der Waals surface area contributed by atoms with Gasteiger partial charge in [0.05, 0.1) is 36.1 Å². The fourth-order valence-electron chi connectivity index (χ4n) is 6.04. The maximum absolute atomic E-state index is 13.0. The molecule has 2 saturated heterocycles. The SMILES string of the molecule is COc1ccc(C(=O)N2C[C@@H]3CN(c4ccc(-c5cc(-c6cnn(C)c6)cn6ncc(C#N)c56)cn4)C[C@@H]3C2)cn1. The van der Waals surface area contributed by atoms with Crippen molar-refractivity contribution in [3.8, 4) is 34.2 Å². The zero-order valence-corrected chi connectivity index (χ0v) is 22.7. The minimum atomic E-state index is 0.0139. The third-order valence-corrected chi connectivity index (χ3v) is 8.12. The van der Waals surface area contributed by atoms with Crippen LogP contribution in [-0.4, -0.2) is 73.5 Å². The second-order valence-electron chi connectivity index (χ2n) is 10.6. The number of fused-ring (bicyclic) bond motifs is 2. The van der Waals surface area contributed by atoms with E-state index in [9.17, 15) is 10.1 Å². The Balaban J connectivity index is 1.10. The van der Waals surface area contributed by atoms with Crippen LogP contribution in [0.4, 0.5) is 5.82 Å². The van der Waals surface area contributed by atoms with Gasteiger partial charge in [0.2, 0.25) is 5.88 Å². The van der Waals surface area contributed by atoms with Gasteiger partial charge in [-0.2, -0.15) is 15.5 Å². The van der Waals surface area contributed by atoms with Crippen LogP contribution in [0, 0.1) is 23.2 Å². The first-order valence-electron chi connectivity index (χ1n) is 13.4. The molecule has 1 amide bonds. The van der Waals surface area contributed by atoms with Gasteiger partial charge in [0.25, 0.3) is 5.91 Å². The zero-order chi connectivity index (χ0) is 28.1. The molecule has 7 rings (SSSR count). The zero-order valence-electron chi connectivity index (χ0n) is 22.7. The lowest BCUT2D eigenvalue weighted by molar-refractivity contribution is 0.0782. The smallest absolute Gasteiger partial charge is 0.255 e. The molecule has 0 aliphatic carbocycles. The number of aryl methyl sites for hydroxylation is 1. The average molecular weight is 546 g/mol. The first kappa shape index (κ1) is 24.8. The van der Waals surface area contributed by atoms with Crippen molar-refractivity contribution in [3.05, 3.63) is 78.6 Å². The number of carbonyl (C=O) groups excluding carboxylic acids is 1. The Labute approximate surface area is 236 Å². The summed E-state index contributed by atoms with van der Waals surface area (Å²) in [5.41, 5.74) is 5.56. The van der Waals surface area contributed by atoms with E-state index in [1.165, 1.54) is 0 Å². The van der Waals surface area contributed by atoms with Crippen molar-refractivity contribution in [1.82, 2.24) is 34.3 Å². The molecule has 0 unspecified atom stereocenters. The lowest BCUT2D eigenvalue weighted by atomic mass is 10.0. The van der Waals surface area contributed by atoms with Crippen molar-refractivity contribution < 1.29 is 9.53 Å². The standard InChI is InChI=1S/C30H27N9O2/c1-36-13-23(12-34-36)21-7-26(29-22(8-31)11-35-39(29)18-21)19-3-5-27(32-9-19)37-14-24-16-38(17-25(24)15-37)30(40)20-4-6-28(41-2)33-10-20/h3-7,9-13,18,24-25H,14-17H2,1-2H3/t24-,25+. The second-order valence-corrected chi connectivity index (χ2v) is 10.6. The van der Waals surface area contributed by atoms with E-state index >= 15 is 0 Å². The van der Waals surface area contributed by atoms with Crippen molar-refractivity contribution in [2.45, 2.75) is 0 Å². The summed E-state index contributed by atoms with van der Waals surface area (Å²) in [6.07, 6.45) is 10.7. The second kappa shape index (κ2) is 9.75. The van der Waals surface area contributed by atoms with E-state index < -0.39 is 0 Å². The minimum absolute atomic E-state index is 0.0139. The third kappa shape index (κ3) is 4.34. The van der Waals surface area contributed by atoms with Gasteiger partial charge >= 0.3 is 0 Å². The van der Waals surface area contributed by atoms with Gasteiger partial charge in [0.1, 0.15) is 11.9 Å². The molecule has 2 fully saturated rings. The summed E-state index contributed by atoms with van der Waals surface area (Å²) in [7, 11) is 3.44. The van der Waals surface area contributed by atoms with Crippen LogP contribution < -0.4 is 9.64 Å². The number of aromatic nitrogens is 6. The van der Waals surface area contributed by atoms with E-state index in [4.69, 9.17) is 9.72 Å².